The molecule has 0 radical (unpaired) electrons. The van der Waals surface area contributed by atoms with Gasteiger partial charge in [-0.15, -0.1) is 0 Å². The van der Waals surface area contributed by atoms with Crippen LogP contribution >= 0.6 is 7.26 Å². The van der Waals surface area contributed by atoms with E-state index in [1.165, 1.54) is 33.5 Å². The fraction of sp³-hybridized carbons (Fsp3) is 0.171. The second-order valence-corrected chi connectivity index (χ2v) is 13.2. The molecule has 0 aliphatic carbocycles. The number of aromatic nitrogens is 1. The van der Waals surface area contributed by atoms with Crippen LogP contribution < -0.4 is 37.6 Å². The first kappa shape index (κ1) is 28.7. The highest BCUT2D eigenvalue weighted by Crippen LogP contribution is 2.53. The zero-order chi connectivity index (χ0) is 26.0. The number of unbranched alkanes of at least 4 members (excludes halogenated alkanes) is 2. The van der Waals surface area contributed by atoms with Crippen LogP contribution in [0.1, 0.15) is 24.8 Å². The van der Waals surface area contributed by atoms with Gasteiger partial charge in [0.05, 0.1) is 13.3 Å². The highest BCUT2D eigenvalue weighted by Gasteiger charge is 2.42. The van der Waals surface area contributed by atoms with E-state index in [-0.39, 0.29) is 17.0 Å². The topological polar surface area (TPSA) is 22.1 Å². The minimum atomic E-state index is -1.90. The molecule has 0 N–H and O–H groups in total. The lowest BCUT2D eigenvalue weighted by Crippen LogP contribution is -3.00. The minimum absolute atomic E-state index is 0. The van der Waals surface area contributed by atoms with Crippen LogP contribution in [0, 0.1) is 0 Å². The fourth-order valence-corrected chi connectivity index (χ4v) is 8.56. The maximum absolute atomic E-state index is 6.32. The van der Waals surface area contributed by atoms with Gasteiger partial charge in [-0.2, -0.15) is 0 Å². The molecular formula is C35H35BrNOP. The molecule has 0 amide bonds. The van der Waals surface area contributed by atoms with Crippen LogP contribution in [-0.4, -0.2) is 18.3 Å². The van der Waals surface area contributed by atoms with Gasteiger partial charge in [0, 0.05) is 17.3 Å². The molecule has 0 fully saturated rings. The second-order valence-electron chi connectivity index (χ2n) is 9.70. The lowest BCUT2D eigenvalue weighted by Gasteiger charge is -2.25. The van der Waals surface area contributed by atoms with Crippen molar-refractivity contribution in [1.29, 1.82) is 0 Å². The summed E-state index contributed by atoms with van der Waals surface area (Å²) in [6.07, 6.45) is 6.27. The van der Waals surface area contributed by atoms with Crippen LogP contribution in [0.15, 0.2) is 134 Å². The quantitative estimate of drug-likeness (QED) is 0.166. The zero-order valence-electron chi connectivity index (χ0n) is 22.4. The first-order chi connectivity index (χ1) is 18.8. The van der Waals surface area contributed by atoms with E-state index in [0.717, 1.165) is 30.7 Å². The summed E-state index contributed by atoms with van der Waals surface area (Å²) >= 11 is 0. The van der Waals surface area contributed by atoms with E-state index in [1.54, 1.807) is 0 Å². The molecule has 5 rings (SSSR count). The van der Waals surface area contributed by atoms with Crippen molar-refractivity contribution in [2.45, 2.75) is 25.7 Å². The maximum atomic E-state index is 6.32. The van der Waals surface area contributed by atoms with E-state index in [9.17, 15) is 0 Å². The molecule has 0 bridgehead atoms. The van der Waals surface area contributed by atoms with Gasteiger partial charge in [0.15, 0.2) is 0 Å². The van der Waals surface area contributed by atoms with Crippen LogP contribution in [-0.2, 0) is 6.42 Å². The van der Waals surface area contributed by atoms with Gasteiger partial charge in [-0.1, -0.05) is 84.9 Å². The summed E-state index contributed by atoms with van der Waals surface area (Å²) in [6, 6.07) is 45.5. The summed E-state index contributed by atoms with van der Waals surface area (Å²) < 4.78 is 6.32. The Kier molecular flexibility index (Phi) is 10.5. The molecule has 1 aromatic heterocycles. The van der Waals surface area contributed by atoms with Crippen molar-refractivity contribution in [3.05, 3.63) is 139 Å². The molecule has 1 heterocycles. The highest BCUT2D eigenvalue weighted by atomic mass is 79.9. The van der Waals surface area contributed by atoms with Crippen LogP contribution in [0.3, 0.4) is 0 Å². The SMILES string of the molecule is C[P+](c1ccccc1)(c1ccccc1)c1ccccc1-c1cccnc1OCCCCCc1ccccc1.[Br-]. The Balaban J connectivity index is 0.00000353. The third-order valence-corrected chi connectivity index (χ3v) is 11.2. The standard InChI is InChI=1S/C35H35NOP.BrH/c1-38(30-20-9-3-10-21-30,31-22-11-4-12-23-31)34-26-14-13-24-32(34)33-25-16-27-36-35(33)37-28-15-5-8-19-29-17-6-2-7-18-29;/h2-4,6-7,9-14,16-18,20-27H,5,8,15,19,28H2,1H3;1H/q+1;/p-1. The molecule has 0 unspecified atom stereocenters. The number of ether oxygens (including phenoxy) is 1. The van der Waals surface area contributed by atoms with Gasteiger partial charge in [0.25, 0.3) is 0 Å². The first-order valence-corrected chi connectivity index (χ1v) is 15.7. The van der Waals surface area contributed by atoms with E-state index < -0.39 is 7.26 Å². The van der Waals surface area contributed by atoms with Gasteiger partial charge < -0.3 is 21.7 Å². The highest BCUT2D eigenvalue weighted by molar-refractivity contribution is 7.95. The van der Waals surface area contributed by atoms with Crippen LogP contribution in [0.5, 0.6) is 5.88 Å². The summed E-state index contributed by atoms with van der Waals surface area (Å²) in [5, 5.41) is 4.07. The number of halogens is 1. The van der Waals surface area contributed by atoms with Crippen LogP contribution in [0.4, 0.5) is 0 Å². The molecule has 0 aliphatic rings. The van der Waals surface area contributed by atoms with Gasteiger partial charge >= 0.3 is 0 Å². The number of nitrogens with zero attached hydrogens (tertiary/aromatic N) is 1. The lowest BCUT2D eigenvalue weighted by molar-refractivity contribution is -0.00000805. The Bertz CT molecular complexity index is 1390. The van der Waals surface area contributed by atoms with Crippen molar-refractivity contribution in [2.75, 3.05) is 13.3 Å². The van der Waals surface area contributed by atoms with Gasteiger partial charge in [-0.3, -0.25) is 0 Å². The van der Waals surface area contributed by atoms with Gasteiger partial charge in [0.2, 0.25) is 5.88 Å². The molecule has 4 heteroatoms. The van der Waals surface area contributed by atoms with Gasteiger partial charge in [-0.25, -0.2) is 4.98 Å². The van der Waals surface area contributed by atoms with E-state index >= 15 is 0 Å². The molecule has 0 saturated carbocycles. The number of aryl methyl sites for hydroxylation is 1. The number of hydrogen-bond donors (Lipinski definition) is 0. The Morgan fingerprint density at radius 3 is 1.82 bits per heavy atom. The zero-order valence-corrected chi connectivity index (χ0v) is 24.9. The molecule has 4 aromatic carbocycles. The molecule has 0 saturated heterocycles. The largest absolute Gasteiger partial charge is 1.00 e. The summed E-state index contributed by atoms with van der Waals surface area (Å²) in [5.41, 5.74) is 3.66. The van der Waals surface area contributed by atoms with Crippen molar-refractivity contribution in [3.8, 4) is 17.0 Å². The van der Waals surface area contributed by atoms with E-state index in [4.69, 9.17) is 4.74 Å². The summed E-state index contributed by atoms with van der Waals surface area (Å²) in [5.74, 6) is 0.718. The fourth-order valence-electron chi connectivity index (χ4n) is 5.10. The number of pyridine rings is 1. The van der Waals surface area contributed by atoms with Crippen molar-refractivity contribution in [1.82, 2.24) is 4.98 Å². The average Bonchev–Trinajstić information content (AvgIpc) is 3.00. The van der Waals surface area contributed by atoms with Crippen molar-refractivity contribution in [2.24, 2.45) is 0 Å². The molecule has 0 atom stereocenters. The van der Waals surface area contributed by atoms with Gasteiger partial charge in [-0.05, 0) is 73.7 Å². The van der Waals surface area contributed by atoms with Crippen LogP contribution in [0.2, 0.25) is 0 Å². The predicted octanol–water partition coefficient (Wildman–Crippen LogP) is 4.47. The maximum Gasteiger partial charge on any atom is 0.221 e. The predicted molar refractivity (Wildman–Crippen MR) is 164 cm³/mol. The normalized spacial score (nSPS) is 11.0. The summed E-state index contributed by atoms with van der Waals surface area (Å²) in [4.78, 5) is 4.68. The lowest BCUT2D eigenvalue weighted by atomic mass is 10.1. The second kappa shape index (κ2) is 14.2. The molecule has 2 nitrogen and oxygen atoms in total. The third-order valence-electron chi connectivity index (χ3n) is 7.18. The molecule has 39 heavy (non-hydrogen) atoms. The Hall–Kier alpha value is -3.26. The van der Waals surface area contributed by atoms with E-state index in [2.05, 4.69) is 133 Å². The van der Waals surface area contributed by atoms with Crippen molar-refractivity contribution in [3.63, 3.8) is 0 Å². The van der Waals surface area contributed by atoms with Crippen LogP contribution in [0.25, 0.3) is 11.1 Å². The average molecular weight is 597 g/mol. The number of rotatable bonds is 11. The van der Waals surface area contributed by atoms with Crippen molar-refractivity contribution < 1.29 is 21.7 Å². The van der Waals surface area contributed by atoms with E-state index in [0.29, 0.717) is 6.61 Å². The third kappa shape index (κ3) is 6.85. The van der Waals surface area contributed by atoms with E-state index in [1.807, 2.05) is 12.3 Å². The summed E-state index contributed by atoms with van der Waals surface area (Å²) in [7, 11) is -1.90. The summed E-state index contributed by atoms with van der Waals surface area (Å²) in [6.45, 7) is 3.10. The Labute approximate surface area is 244 Å². The molecular weight excluding hydrogens is 561 g/mol. The number of hydrogen-bond acceptors (Lipinski definition) is 2. The Morgan fingerprint density at radius 2 is 1.15 bits per heavy atom. The smallest absolute Gasteiger partial charge is 0.221 e. The Morgan fingerprint density at radius 1 is 0.590 bits per heavy atom. The first-order valence-electron chi connectivity index (χ1n) is 13.5. The molecule has 198 valence electrons. The van der Waals surface area contributed by atoms with Gasteiger partial charge in [0.1, 0.15) is 23.2 Å². The monoisotopic (exact) mass is 595 g/mol. The molecule has 0 spiro atoms. The molecule has 0 aliphatic heterocycles. The minimum Gasteiger partial charge on any atom is -1.00 e. The van der Waals surface area contributed by atoms with Crippen molar-refractivity contribution >= 4 is 23.2 Å². The molecule has 5 aromatic rings. The number of benzene rings is 4.